The third-order valence-corrected chi connectivity index (χ3v) is 7.94. The van der Waals surface area contributed by atoms with Crippen LogP contribution in [0.25, 0.3) is 11.1 Å². The molecule has 0 atom stereocenters. The molecule has 2 N–H and O–H groups in total. The molecule has 2 aliphatic rings. The lowest BCUT2D eigenvalue weighted by Crippen LogP contribution is -2.39. The zero-order valence-electron chi connectivity index (χ0n) is 20.5. The maximum Gasteiger partial charge on any atom is 0.336 e. The highest BCUT2D eigenvalue weighted by atomic mass is 32.1. The van der Waals surface area contributed by atoms with Crippen molar-refractivity contribution in [1.29, 1.82) is 0 Å². The smallest absolute Gasteiger partial charge is 0.336 e. The Labute approximate surface area is 211 Å². The summed E-state index contributed by atoms with van der Waals surface area (Å²) in [7, 11) is 0. The van der Waals surface area contributed by atoms with Crippen molar-refractivity contribution in [2.45, 2.75) is 70.8 Å². The summed E-state index contributed by atoms with van der Waals surface area (Å²) in [6.07, 6.45) is 8.56. The lowest BCUT2D eigenvalue weighted by molar-refractivity contribution is 0.0697. The van der Waals surface area contributed by atoms with E-state index in [-0.39, 0.29) is 0 Å². The van der Waals surface area contributed by atoms with Crippen LogP contribution in [0, 0.1) is 5.92 Å². The van der Waals surface area contributed by atoms with Crippen LogP contribution in [0.1, 0.15) is 80.1 Å². The number of carboxylic acid groups (broad SMARTS) is 1. The first-order chi connectivity index (χ1) is 17.0. The van der Waals surface area contributed by atoms with E-state index < -0.39 is 5.97 Å². The molecular weight excluding hydrogens is 456 g/mol. The molecule has 3 aromatic rings. The Kier molecular flexibility index (Phi) is 7.04. The van der Waals surface area contributed by atoms with Crippen LogP contribution >= 0.6 is 11.3 Å². The molecule has 0 radical (unpaired) electrons. The molecule has 0 bridgehead atoms. The van der Waals surface area contributed by atoms with Crippen LogP contribution in [-0.4, -0.2) is 33.9 Å². The minimum atomic E-state index is -0.897. The summed E-state index contributed by atoms with van der Waals surface area (Å²) in [5.74, 6) is 0.190. The maximum absolute atomic E-state index is 12.4. The van der Waals surface area contributed by atoms with Crippen molar-refractivity contribution in [1.82, 2.24) is 10.2 Å². The quantitative estimate of drug-likeness (QED) is 0.327. The summed E-state index contributed by atoms with van der Waals surface area (Å²) in [6.45, 7) is 5.39. The van der Waals surface area contributed by atoms with Gasteiger partial charge >= 0.3 is 5.97 Å². The maximum atomic E-state index is 12.4. The van der Waals surface area contributed by atoms with Crippen LogP contribution in [0.2, 0.25) is 0 Å². The first-order valence-corrected chi connectivity index (χ1v) is 13.6. The minimum absolute atomic E-state index is 0.344. The number of carbonyl (C=O) groups is 1. The molecule has 1 heterocycles. The second-order valence-corrected chi connectivity index (χ2v) is 11.3. The second kappa shape index (κ2) is 10.4. The van der Waals surface area contributed by atoms with Gasteiger partial charge in [-0.1, -0.05) is 62.6 Å². The van der Waals surface area contributed by atoms with Gasteiger partial charge < -0.3 is 15.3 Å². The number of hydrogen-bond donors (Lipinski definition) is 2. The molecule has 35 heavy (non-hydrogen) atoms. The number of carboxylic acids is 1. The molecule has 2 aliphatic carbocycles. The monoisotopic (exact) mass is 490 g/mol. The van der Waals surface area contributed by atoms with Gasteiger partial charge in [0.25, 0.3) is 0 Å². The minimum Gasteiger partial charge on any atom is -0.478 e. The SMILES string of the molecule is CC(C)CN(c1ccc(-c2cccc(Nc3nnc(C4CC4)s3)c2)c(C(=O)O)c1)C1CCCCC1. The summed E-state index contributed by atoms with van der Waals surface area (Å²) >= 11 is 1.60. The van der Waals surface area contributed by atoms with Crippen LogP contribution in [0.3, 0.4) is 0 Å². The Morgan fingerprint density at radius 3 is 2.60 bits per heavy atom. The van der Waals surface area contributed by atoms with E-state index in [9.17, 15) is 9.90 Å². The van der Waals surface area contributed by atoms with Crippen molar-refractivity contribution < 1.29 is 9.90 Å². The molecule has 0 saturated heterocycles. The molecular formula is C28H34N4O2S. The van der Waals surface area contributed by atoms with Crippen LogP contribution in [0.15, 0.2) is 42.5 Å². The van der Waals surface area contributed by atoms with E-state index in [1.807, 2.05) is 36.4 Å². The molecule has 7 heteroatoms. The molecule has 2 aromatic carbocycles. The third kappa shape index (κ3) is 5.67. The van der Waals surface area contributed by atoms with E-state index in [1.165, 1.54) is 44.9 Å². The molecule has 6 nitrogen and oxygen atoms in total. The van der Waals surface area contributed by atoms with E-state index >= 15 is 0 Å². The number of rotatable bonds is 9. The van der Waals surface area contributed by atoms with Gasteiger partial charge in [0.1, 0.15) is 5.01 Å². The Hall–Kier alpha value is -2.93. The predicted molar refractivity (Wildman–Crippen MR) is 143 cm³/mol. The van der Waals surface area contributed by atoms with Gasteiger partial charge in [-0.3, -0.25) is 0 Å². The Morgan fingerprint density at radius 2 is 1.89 bits per heavy atom. The van der Waals surface area contributed by atoms with E-state index in [1.54, 1.807) is 11.3 Å². The number of aromatic nitrogens is 2. The van der Waals surface area contributed by atoms with Gasteiger partial charge in [-0.15, -0.1) is 10.2 Å². The first-order valence-electron chi connectivity index (χ1n) is 12.8. The number of benzene rings is 2. The second-order valence-electron chi connectivity index (χ2n) is 10.3. The molecule has 0 unspecified atom stereocenters. The number of aromatic carboxylic acids is 1. The topological polar surface area (TPSA) is 78.3 Å². The standard InChI is InChI=1S/C28H34N4O2S/c1-18(2)17-32(22-9-4-3-5-10-22)23-13-14-24(25(16-23)27(33)34)20-7-6-8-21(15-20)29-28-31-30-26(35-28)19-11-12-19/h6-8,13-16,18-19,22H,3-5,9-12,17H2,1-2H3,(H,29,31)(H,33,34). The summed E-state index contributed by atoms with van der Waals surface area (Å²) in [6, 6.07) is 14.3. The van der Waals surface area contributed by atoms with Crippen molar-refractivity contribution in [3.05, 3.63) is 53.0 Å². The van der Waals surface area contributed by atoms with Gasteiger partial charge in [0, 0.05) is 29.9 Å². The molecule has 5 rings (SSSR count). The van der Waals surface area contributed by atoms with Crippen molar-refractivity contribution in [2.24, 2.45) is 5.92 Å². The van der Waals surface area contributed by atoms with Gasteiger partial charge in [0.2, 0.25) is 5.13 Å². The fraction of sp³-hybridized carbons (Fsp3) is 0.464. The molecule has 2 saturated carbocycles. The fourth-order valence-electron chi connectivity index (χ4n) is 5.06. The molecule has 2 fully saturated rings. The summed E-state index contributed by atoms with van der Waals surface area (Å²) in [5.41, 5.74) is 3.84. The highest BCUT2D eigenvalue weighted by Crippen LogP contribution is 2.42. The zero-order chi connectivity index (χ0) is 24.4. The van der Waals surface area contributed by atoms with Crippen molar-refractivity contribution in [3.63, 3.8) is 0 Å². The van der Waals surface area contributed by atoms with Crippen molar-refractivity contribution in [2.75, 3.05) is 16.8 Å². The average Bonchev–Trinajstić information content (AvgIpc) is 3.61. The number of nitrogens with one attached hydrogen (secondary N) is 1. The largest absolute Gasteiger partial charge is 0.478 e. The van der Waals surface area contributed by atoms with E-state index in [0.717, 1.165) is 39.2 Å². The first kappa shape index (κ1) is 23.8. The Balaban J connectivity index is 1.43. The van der Waals surface area contributed by atoms with E-state index in [0.29, 0.717) is 23.4 Å². The summed E-state index contributed by atoms with van der Waals surface area (Å²) in [4.78, 5) is 14.8. The molecule has 1 aromatic heterocycles. The summed E-state index contributed by atoms with van der Waals surface area (Å²) < 4.78 is 0. The number of nitrogens with zero attached hydrogens (tertiary/aromatic N) is 3. The van der Waals surface area contributed by atoms with Crippen molar-refractivity contribution in [3.8, 4) is 11.1 Å². The van der Waals surface area contributed by atoms with Gasteiger partial charge in [-0.2, -0.15) is 0 Å². The highest BCUT2D eigenvalue weighted by molar-refractivity contribution is 7.15. The van der Waals surface area contributed by atoms with Crippen LogP contribution < -0.4 is 10.2 Å². The molecule has 184 valence electrons. The van der Waals surface area contributed by atoms with E-state index in [4.69, 9.17) is 0 Å². The molecule has 0 aliphatic heterocycles. The van der Waals surface area contributed by atoms with E-state index in [2.05, 4.69) is 40.3 Å². The third-order valence-electron chi connectivity index (χ3n) is 6.93. The fourth-order valence-corrected chi connectivity index (χ4v) is 5.99. The van der Waals surface area contributed by atoms with Crippen LogP contribution in [0.4, 0.5) is 16.5 Å². The van der Waals surface area contributed by atoms with Gasteiger partial charge in [0.15, 0.2) is 0 Å². The van der Waals surface area contributed by atoms with Gasteiger partial charge in [-0.25, -0.2) is 4.79 Å². The molecule has 0 spiro atoms. The predicted octanol–water partition coefficient (Wildman–Crippen LogP) is 7.32. The lowest BCUT2D eigenvalue weighted by atomic mass is 9.92. The van der Waals surface area contributed by atoms with Crippen LogP contribution in [0.5, 0.6) is 0 Å². The lowest BCUT2D eigenvalue weighted by Gasteiger charge is -2.37. The van der Waals surface area contributed by atoms with Crippen molar-refractivity contribution >= 4 is 33.8 Å². The van der Waals surface area contributed by atoms with Gasteiger partial charge in [0.05, 0.1) is 5.56 Å². The average molecular weight is 491 g/mol. The molecule has 0 amide bonds. The highest BCUT2D eigenvalue weighted by Gasteiger charge is 2.28. The van der Waals surface area contributed by atoms with Gasteiger partial charge in [-0.05, 0) is 67.0 Å². The van der Waals surface area contributed by atoms with Crippen LogP contribution in [-0.2, 0) is 0 Å². The number of hydrogen-bond acceptors (Lipinski definition) is 6. The Morgan fingerprint density at radius 1 is 1.09 bits per heavy atom. The summed E-state index contributed by atoms with van der Waals surface area (Å²) in [5, 5.41) is 23.9. The number of anilines is 3. The zero-order valence-corrected chi connectivity index (χ0v) is 21.4. The Bertz CT molecular complexity index is 1180. The normalized spacial score (nSPS) is 16.4.